The van der Waals surface area contributed by atoms with Gasteiger partial charge in [-0.1, -0.05) is 18.2 Å². The summed E-state index contributed by atoms with van der Waals surface area (Å²) in [7, 11) is 0. The van der Waals surface area contributed by atoms with Crippen LogP contribution >= 0.6 is 0 Å². The largest absolute Gasteiger partial charge is 0.447 e. The number of benzene rings is 2. The van der Waals surface area contributed by atoms with Gasteiger partial charge in [-0.15, -0.1) is 0 Å². The van der Waals surface area contributed by atoms with Gasteiger partial charge in [0.2, 0.25) is 0 Å². The Kier molecular flexibility index (Phi) is 4.10. The fraction of sp³-hybridized carbons (Fsp3) is 0.105. The lowest BCUT2D eigenvalue weighted by Gasteiger charge is -2.15. The molecule has 1 N–H and O–H groups in total. The number of nitrogens with one attached hydrogen (secondary N) is 1. The average Bonchev–Trinajstić information content (AvgIpc) is 3.33. The first-order valence-corrected chi connectivity index (χ1v) is 8.17. The van der Waals surface area contributed by atoms with Crippen LogP contribution in [0.2, 0.25) is 0 Å². The second-order valence-corrected chi connectivity index (χ2v) is 5.74. The SMILES string of the molecule is O=C(Nc1cccc(N2CCOC2=O)c1)c1ccccc1-n1cccn1. The number of amides is 2. The Bertz CT molecular complexity index is 953. The van der Waals surface area contributed by atoms with Crippen molar-refractivity contribution in [1.82, 2.24) is 9.78 Å². The van der Waals surface area contributed by atoms with E-state index in [1.807, 2.05) is 12.1 Å². The van der Waals surface area contributed by atoms with Gasteiger partial charge in [0, 0.05) is 23.8 Å². The Balaban J connectivity index is 1.59. The number of cyclic esters (lactones) is 1. The highest BCUT2D eigenvalue weighted by Crippen LogP contribution is 2.23. The molecule has 1 fully saturated rings. The van der Waals surface area contributed by atoms with E-state index in [9.17, 15) is 9.59 Å². The smallest absolute Gasteiger partial charge is 0.414 e. The van der Waals surface area contributed by atoms with E-state index < -0.39 is 0 Å². The fourth-order valence-corrected chi connectivity index (χ4v) is 2.85. The lowest BCUT2D eigenvalue weighted by molar-refractivity contribution is 0.102. The first-order chi connectivity index (χ1) is 12.7. The van der Waals surface area contributed by atoms with Crippen molar-refractivity contribution in [3.05, 3.63) is 72.6 Å². The van der Waals surface area contributed by atoms with Crippen molar-refractivity contribution in [2.45, 2.75) is 0 Å². The highest BCUT2D eigenvalue weighted by Gasteiger charge is 2.23. The van der Waals surface area contributed by atoms with Gasteiger partial charge in [-0.3, -0.25) is 9.69 Å². The number of carbonyl (C=O) groups is 2. The number of para-hydroxylation sites is 1. The molecule has 1 saturated heterocycles. The second-order valence-electron chi connectivity index (χ2n) is 5.74. The zero-order chi connectivity index (χ0) is 17.9. The summed E-state index contributed by atoms with van der Waals surface area (Å²) in [5, 5.41) is 7.07. The van der Waals surface area contributed by atoms with Crippen LogP contribution in [0.4, 0.5) is 16.2 Å². The minimum atomic E-state index is -0.377. The molecule has 2 heterocycles. The fourth-order valence-electron chi connectivity index (χ4n) is 2.85. The highest BCUT2D eigenvalue weighted by molar-refractivity contribution is 6.07. The standard InChI is InChI=1S/C19H16N4O3/c24-18(16-7-1-2-8-17(16)23-10-4-9-20-23)21-14-5-3-6-15(13-14)22-11-12-26-19(22)25/h1-10,13H,11-12H2,(H,21,24). The maximum Gasteiger partial charge on any atom is 0.414 e. The minimum Gasteiger partial charge on any atom is -0.447 e. The van der Waals surface area contributed by atoms with Gasteiger partial charge in [0.15, 0.2) is 0 Å². The van der Waals surface area contributed by atoms with Crippen LogP contribution in [-0.4, -0.2) is 34.9 Å². The quantitative estimate of drug-likeness (QED) is 0.786. The Labute approximate surface area is 149 Å². The highest BCUT2D eigenvalue weighted by atomic mass is 16.6. The summed E-state index contributed by atoms with van der Waals surface area (Å²) < 4.78 is 6.60. The van der Waals surface area contributed by atoms with Crippen molar-refractivity contribution in [1.29, 1.82) is 0 Å². The summed E-state index contributed by atoms with van der Waals surface area (Å²) in [6, 6.07) is 16.2. The number of aromatic nitrogens is 2. The van der Waals surface area contributed by atoms with E-state index in [4.69, 9.17) is 4.74 Å². The molecule has 0 aliphatic carbocycles. The van der Waals surface area contributed by atoms with Crippen LogP contribution in [-0.2, 0) is 4.74 Å². The number of hydrogen-bond acceptors (Lipinski definition) is 4. The molecule has 4 rings (SSSR count). The summed E-state index contributed by atoms with van der Waals surface area (Å²) >= 11 is 0. The molecule has 7 heteroatoms. The molecule has 26 heavy (non-hydrogen) atoms. The third-order valence-corrected chi connectivity index (χ3v) is 4.08. The maximum absolute atomic E-state index is 12.8. The van der Waals surface area contributed by atoms with Gasteiger partial charge in [-0.2, -0.15) is 5.10 Å². The van der Waals surface area contributed by atoms with E-state index in [1.54, 1.807) is 59.5 Å². The maximum atomic E-state index is 12.8. The Morgan fingerprint density at radius 3 is 2.77 bits per heavy atom. The van der Waals surface area contributed by atoms with Crippen LogP contribution in [0.1, 0.15) is 10.4 Å². The van der Waals surface area contributed by atoms with Crippen molar-refractivity contribution in [2.75, 3.05) is 23.4 Å². The van der Waals surface area contributed by atoms with E-state index in [1.165, 1.54) is 4.90 Å². The van der Waals surface area contributed by atoms with E-state index in [-0.39, 0.29) is 12.0 Å². The molecule has 0 radical (unpaired) electrons. The second kappa shape index (κ2) is 6.72. The number of hydrogen-bond donors (Lipinski definition) is 1. The topological polar surface area (TPSA) is 76.5 Å². The summed E-state index contributed by atoms with van der Waals surface area (Å²) in [5.74, 6) is -0.253. The minimum absolute atomic E-state index is 0.253. The number of ether oxygens (including phenoxy) is 1. The molecule has 1 aliphatic rings. The molecule has 0 spiro atoms. The number of nitrogens with zero attached hydrogens (tertiary/aromatic N) is 3. The van der Waals surface area contributed by atoms with Crippen LogP contribution in [0.15, 0.2) is 67.0 Å². The van der Waals surface area contributed by atoms with Gasteiger partial charge in [0.1, 0.15) is 6.61 Å². The molecule has 1 aliphatic heterocycles. The molecule has 0 saturated carbocycles. The van der Waals surface area contributed by atoms with Crippen molar-refractivity contribution < 1.29 is 14.3 Å². The molecule has 2 amide bonds. The lowest BCUT2D eigenvalue weighted by Crippen LogP contribution is -2.23. The molecule has 7 nitrogen and oxygen atoms in total. The Hall–Kier alpha value is -3.61. The molecule has 130 valence electrons. The van der Waals surface area contributed by atoms with Gasteiger partial charge >= 0.3 is 6.09 Å². The third kappa shape index (κ3) is 3.02. The molecule has 2 aromatic carbocycles. The molecule has 0 bridgehead atoms. The zero-order valence-electron chi connectivity index (χ0n) is 13.8. The van der Waals surface area contributed by atoms with Crippen molar-refractivity contribution in [3.8, 4) is 5.69 Å². The summed E-state index contributed by atoms with van der Waals surface area (Å²) in [4.78, 5) is 26.0. The average molecular weight is 348 g/mol. The van der Waals surface area contributed by atoms with Crippen LogP contribution in [0.5, 0.6) is 0 Å². The molecule has 1 aromatic heterocycles. The van der Waals surface area contributed by atoms with E-state index in [2.05, 4.69) is 10.4 Å². The van der Waals surface area contributed by atoms with E-state index in [0.717, 1.165) is 0 Å². The lowest BCUT2D eigenvalue weighted by atomic mass is 10.1. The van der Waals surface area contributed by atoms with Crippen LogP contribution in [0.3, 0.4) is 0 Å². The zero-order valence-corrected chi connectivity index (χ0v) is 13.8. The van der Waals surface area contributed by atoms with Crippen molar-refractivity contribution in [3.63, 3.8) is 0 Å². The predicted molar refractivity (Wildman–Crippen MR) is 96.7 cm³/mol. The predicted octanol–water partition coefficient (Wildman–Crippen LogP) is 3.08. The van der Waals surface area contributed by atoms with Gasteiger partial charge in [-0.25, -0.2) is 9.48 Å². The third-order valence-electron chi connectivity index (χ3n) is 4.08. The number of rotatable bonds is 4. The summed E-state index contributed by atoms with van der Waals surface area (Å²) in [5.41, 5.74) is 2.48. The summed E-state index contributed by atoms with van der Waals surface area (Å²) in [6.07, 6.45) is 3.07. The molecular formula is C19H16N4O3. The first-order valence-electron chi connectivity index (χ1n) is 8.17. The van der Waals surface area contributed by atoms with Crippen molar-refractivity contribution in [2.24, 2.45) is 0 Å². The molecule has 0 unspecified atom stereocenters. The van der Waals surface area contributed by atoms with Crippen LogP contribution in [0, 0.1) is 0 Å². The number of carbonyl (C=O) groups excluding carboxylic acids is 2. The van der Waals surface area contributed by atoms with E-state index >= 15 is 0 Å². The van der Waals surface area contributed by atoms with Crippen LogP contribution < -0.4 is 10.2 Å². The monoisotopic (exact) mass is 348 g/mol. The Morgan fingerprint density at radius 2 is 2.00 bits per heavy atom. The van der Waals surface area contributed by atoms with Crippen molar-refractivity contribution >= 4 is 23.4 Å². The molecular weight excluding hydrogens is 332 g/mol. The van der Waals surface area contributed by atoms with Gasteiger partial charge in [0.05, 0.1) is 17.8 Å². The normalized spacial score (nSPS) is 13.5. The van der Waals surface area contributed by atoms with Crippen LogP contribution in [0.25, 0.3) is 5.69 Å². The van der Waals surface area contributed by atoms with Gasteiger partial charge in [-0.05, 0) is 36.4 Å². The number of anilines is 2. The Morgan fingerprint density at radius 1 is 1.12 bits per heavy atom. The van der Waals surface area contributed by atoms with E-state index in [0.29, 0.717) is 35.8 Å². The van der Waals surface area contributed by atoms with Gasteiger partial charge < -0.3 is 10.1 Å². The molecule has 3 aromatic rings. The van der Waals surface area contributed by atoms with Gasteiger partial charge in [0.25, 0.3) is 5.91 Å². The summed E-state index contributed by atoms with van der Waals surface area (Å²) in [6.45, 7) is 0.866. The molecule has 0 atom stereocenters. The first kappa shape index (κ1) is 15.9.